The number of ether oxygens (including phenoxy) is 1. The predicted molar refractivity (Wildman–Crippen MR) is 142 cm³/mol. The number of rotatable bonds is 9. The van der Waals surface area contributed by atoms with Gasteiger partial charge in [-0.15, -0.1) is 0 Å². The van der Waals surface area contributed by atoms with Gasteiger partial charge in [0.05, 0.1) is 24.0 Å². The van der Waals surface area contributed by atoms with Gasteiger partial charge in [0.1, 0.15) is 0 Å². The van der Waals surface area contributed by atoms with Crippen molar-refractivity contribution < 1.29 is 18.3 Å². The monoisotopic (exact) mass is 560 g/mol. The maximum Gasteiger partial charge on any atom is 0.250 e. The van der Waals surface area contributed by atoms with Crippen molar-refractivity contribution in [3.63, 3.8) is 0 Å². The number of benzene rings is 3. The molecule has 9 heteroatoms. The Morgan fingerprint density at radius 3 is 2.30 bits per heavy atom. The summed E-state index contributed by atoms with van der Waals surface area (Å²) in [7, 11) is 0. The molecule has 1 heterocycles. The Kier molecular flexibility index (Phi) is 8.77. The smallest absolute Gasteiger partial charge is 0.250 e. The maximum atomic E-state index is 13.7. The Morgan fingerprint density at radius 2 is 1.62 bits per heavy atom. The van der Waals surface area contributed by atoms with Gasteiger partial charge in [0, 0.05) is 39.7 Å². The van der Waals surface area contributed by atoms with Crippen molar-refractivity contribution in [3.05, 3.63) is 122 Å². The molecule has 4 nitrogen and oxygen atoms in total. The Balaban J connectivity index is 1.68. The van der Waals surface area contributed by atoms with Crippen LogP contribution in [0.4, 0.5) is 8.78 Å². The molecule has 0 saturated heterocycles. The fraction of sp³-hybridized carbons (Fsp3) is 0.143. The van der Waals surface area contributed by atoms with Crippen molar-refractivity contribution in [2.45, 2.75) is 25.6 Å². The van der Waals surface area contributed by atoms with E-state index in [1.165, 1.54) is 12.3 Å². The van der Waals surface area contributed by atoms with Crippen LogP contribution in [0.2, 0.25) is 15.1 Å². The summed E-state index contributed by atoms with van der Waals surface area (Å²) in [6.45, 7) is 0.0305. The largest absolute Gasteiger partial charge is 0.373 e. The van der Waals surface area contributed by atoms with Crippen molar-refractivity contribution >= 4 is 40.7 Å². The zero-order valence-electron chi connectivity index (χ0n) is 19.4. The van der Waals surface area contributed by atoms with Gasteiger partial charge in [-0.05, 0) is 59.2 Å². The van der Waals surface area contributed by atoms with Gasteiger partial charge >= 0.3 is 0 Å². The van der Waals surface area contributed by atoms with E-state index in [9.17, 15) is 13.6 Å². The lowest BCUT2D eigenvalue weighted by atomic mass is 9.96. The van der Waals surface area contributed by atoms with E-state index < -0.39 is 23.6 Å². The van der Waals surface area contributed by atoms with E-state index in [0.717, 1.165) is 23.3 Å². The first-order chi connectivity index (χ1) is 17.7. The molecule has 4 aromatic rings. The number of nitrogens with two attached hydrogens (primary N) is 1. The Labute approximate surface area is 228 Å². The molecular formula is C28H21Cl3F2N2O2. The van der Waals surface area contributed by atoms with Gasteiger partial charge in [-0.1, -0.05) is 59.1 Å². The summed E-state index contributed by atoms with van der Waals surface area (Å²) in [5.41, 5.74) is 9.15. The molecule has 3 aromatic carbocycles. The van der Waals surface area contributed by atoms with Crippen LogP contribution in [0.25, 0.3) is 11.1 Å². The van der Waals surface area contributed by atoms with Crippen LogP contribution in [-0.2, 0) is 24.2 Å². The highest BCUT2D eigenvalue weighted by molar-refractivity contribution is 6.35. The summed E-state index contributed by atoms with van der Waals surface area (Å²) in [6, 6.07) is 17.6. The number of hydrogen-bond donors (Lipinski definition) is 1. The molecule has 1 aromatic heterocycles. The van der Waals surface area contributed by atoms with E-state index in [2.05, 4.69) is 4.98 Å². The quantitative estimate of drug-likeness (QED) is 0.231. The first-order valence-corrected chi connectivity index (χ1v) is 12.4. The number of halogens is 5. The SMILES string of the molecule is NC(=O)c1cnc(CC(Cc2ccc(Cl)cc2Cl)OCc2ccc(F)c(F)c2)c(-c2ccc(Cl)cc2)c1. The Morgan fingerprint density at radius 1 is 0.892 bits per heavy atom. The van der Waals surface area contributed by atoms with Crippen molar-refractivity contribution in [3.8, 4) is 11.1 Å². The molecule has 0 aliphatic carbocycles. The van der Waals surface area contributed by atoms with Crippen LogP contribution >= 0.6 is 34.8 Å². The van der Waals surface area contributed by atoms with Gasteiger partial charge in [-0.25, -0.2) is 8.78 Å². The number of aromatic nitrogens is 1. The van der Waals surface area contributed by atoms with Gasteiger partial charge in [0.2, 0.25) is 5.91 Å². The van der Waals surface area contributed by atoms with Crippen LogP contribution in [-0.4, -0.2) is 17.0 Å². The van der Waals surface area contributed by atoms with E-state index in [-0.39, 0.29) is 12.2 Å². The lowest BCUT2D eigenvalue weighted by Gasteiger charge is -2.21. The summed E-state index contributed by atoms with van der Waals surface area (Å²) in [5.74, 6) is -2.49. The van der Waals surface area contributed by atoms with Gasteiger partial charge < -0.3 is 10.5 Å². The van der Waals surface area contributed by atoms with Crippen molar-refractivity contribution in [1.82, 2.24) is 4.98 Å². The maximum absolute atomic E-state index is 13.7. The lowest BCUT2D eigenvalue weighted by molar-refractivity contribution is 0.0405. The van der Waals surface area contributed by atoms with Gasteiger partial charge in [-0.2, -0.15) is 0 Å². The second kappa shape index (κ2) is 12.0. The predicted octanol–water partition coefficient (Wildman–Crippen LogP) is 7.46. The molecule has 1 amide bonds. The first kappa shape index (κ1) is 27.0. The van der Waals surface area contributed by atoms with E-state index in [0.29, 0.717) is 44.7 Å². The highest BCUT2D eigenvalue weighted by atomic mass is 35.5. The van der Waals surface area contributed by atoms with Gasteiger partial charge in [0.25, 0.3) is 0 Å². The molecule has 37 heavy (non-hydrogen) atoms. The summed E-state index contributed by atoms with van der Waals surface area (Å²) in [4.78, 5) is 16.4. The van der Waals surface area contributed by atoms with Crippen molar-refractivity contribution in [2.75, 3.05) is 0 Å². The average molecular weight is 562 g/mol. The highest BCUT2D eigenvalue weighted by Gasteiger charge is 2.19. The molecule has 0 aliphatic heterocycles. The minimum atomic E-state index is -0.952. The van der Waals surface area contributed by atoms with E-state index in [1.807, 2.05) is 18.2 Å². The number of amides is 1. The number of nitrogens with zero attached hydrogens (tertiary/aromatic N) is 1. The van der Waals surface area contributed by atoms with Crippen molar-refractivity contribution in [1.29, 1.82) is 0 Å². The minimum absolute atomic E-state index is 0.0305. The normalized spacial score (nSPS) is 11.9. The van der Waals surface area contributed by atoms with Crippen LogP contribution in [0.1, 0.15) is 27.2 Å². The molecule has 0 radical (unpaired) electrons. The second-order valence-electron chi connectivity index (χ2n) is 8.41. The Bertz CT molecular complexity index is 1430. The fourth-order valence-electron chi connectivity index (χ4n) is 3.85. The third-order valence-electron chi connectivity index (χ3n) is 5.76. The summed E-state index contributed by atoms with van der Waals surface area (Å²) in [5, 5.41) is 1.54. The zero-order chi connectivity index (χ0) is 26.5. The molecule has 190 valence electrons. The number of pyridine rings is 1. The van der Waals surface area contributed by atoms with Crippen molar-refractivity contribution in [2.24, 2.45) is 5.73 Å². The van der Waals surface area contributed by atoms with Crippen LogP contribution in [0.5, 0.6) is 0 Å². The molecule has 1 atom stereocenters. The van der Waals surface area contributed by atoms with E-state index in [1.54, 1.807) is 30.3 Å². The number of primary amides is 1. The standard InChI is InChI=1S/C28H21Cl3F2N2O2/c29-20-5-2-17(3-6-20)23-11-19(28(34)36)14-35-27(23)13-22(10-18-4-7-21(30)12-24(18)31)37-15-16-1-8-25(32)26(33)9-16/h1-9,11-12,14,22H,10,13,15H2,(H2,34,36). The highest BCUT2D eigenvalue weighted by Crippen LogP contribution is 2.29. The number of hydrogen-bond acceptors (Lipinski definition) is 3. The number of carbonyl (C=O) groups excluding carboxylic acids is 1. The molecule has 0 spiro atoms. The summed E-state index contributed by atoms with van der Waals surface area (Å²) in [6.07, 6.45) is 1.65. The third-order valence-corrected chi connectivity index (χ3v) is 6.60. The minimum Gasteiger partial charge on any atom is -0.373 e. The average Bonchev–Trinajstić information content (AvgIpc) is 2.86. The lowest BCUT2D eigenvalue weighted by Crippen LogP contribution is -2.21. The molecule has 4 rings (SSSR count). The number of carbonyl (C=O) groups is 1. The molecule has 0 fully saturated rings. The molecule has 0 saturated carbocycles. The van der Waals surface area contributed by atoms with Gasteiger partial charge in [0.15, 0.2) is 11.6 Å². The second-order valence-corrected chi connectivity index (χ2v) is 9.69. The van der Waals surface area contributed by atoms with Crippen LogP contribution in [0.15, 0.2) is 72.9 Å². The van der Waals surface area contributed by atoms with Crippen LogP contribution in [0, 0.1) is 11.6 Å². The third kappa shape index (κ3) is 7.05. The molecule has 1 unspecified atom stereocenters. The molecule has 0 bridgehead atoms. The van der Waals surface area contributed by atoms with Crippen LogP contribution < -0.4 is 5.73 Å². The molecular weight excluding hydrogens is 541 g/mol. The van der Waals surface area contributed by atoms with E-state index >= 15 is 0 Å². The summed E-state index contributed by atoms with van der Waals surface area (Å²) < 4.78 is 33.3. The Hall–Kier alpha value is -3.03. The topological polar surface area (TPSA) is 65.2 Å². The van der Waals surface area contributed by atoms with Crippen LogP contribution in [0.3, 0.4) is 0 Å². The van der Waals surface area contributed by atoms with Gasteiger partial charge in [-0.3, -0.25) is 9.78 Å². The summed E-state index contributed by atoms with van der Waals surface area (Å²) >= 11 is 18.5. The molecule has 0 aliphatic rings. The molecule has 2 N–H and O–H groups in total. The van der Waals surface area contributed by atoms with E-state index in [4.69, 9.17) is 45.3 Å². The first-order valence-electron chi connectivity index (χ1n) is 11.2. The fourth-order valence-corrected chi connectivity index (χ4v) is 4.46. The zero-order valence-corrected chi connectivity index (χ0v) is 21.6.